The molecule has 0 aromatic heterocycles. The van der Waals surface area contributed by atoms with Gasteiger partial charge in [0.2, 0.25) is 0 Å². The molecule has 3 aromatic rings. The number of carbonyl (C=O) groups is 2. The number of esters is 1. The maximum absolute atomic E-state index is 13.9. The van der Waals surface area contributed by atoms with Crippen LogP contribution in [0.2, 0.25) is 0 Å². The Morgan fingerprint density at radius 3 is 2.15 bits per heavy atom. The van der Waals surface area contributed by atoms with E-state index in [-0.39, 0.29) is 24.1 Å². The maximum Gasteiger partial charge on any atom is 0.334 e. The molecule has 0 heterocycles. The van der Waals surface area contributed by atoms with Crippen molar-refractivity contribution in [1.29, 1.82) is 0 Å². The van der Waals surface area contributed by atoms with E-state index in [9.17, 15) is 14.0 Å². The summed E-state index contributed by atoms with van der Waals surface area (Å²) in [6, 6.07) is 22.5. The van der Waals surface area contributed by atoms with Crippen LogP contribution in [0.1, 0.15) is 40.2 Å². The van der Waals surface area contributed by atoms with E-state index in [0.29, 0.717) is 22.4 Å². The average Bonchev–Trinajstić information content (AvgIpc) is 3.25. The Bertz CT molecular complexity index is 1150. The molecule has 5 heteroatoms. The second-order valence-electron chi connectivity index (χ2n) is 7.93. The number of benzene rings is 3. The molecule has 0 saturated heterocycles. The smallest absolute Gasteiger partial charge is 0.334 e. The molecule has 0 spiro atoms. The lowest BCUT2D eigenvalue weighted by molar-refractivity contribution is -0.138. The van der Waals surface area contributed by atoms with Gasteiger partial charge in [-0.25, -0.2) is 9.18 Å². The van der Waals surface area contributed by atoms with Gasteiger partial charge in [-0.1, -0.05) is 48.5 Å². The fraction of sp³-hybridized carbons (Fsp3) is 0.214. The number of Topliss-reactive ketones (excluding diaryl/α,β-unsaturated/α-hetero) is 1. The summed E-state index contributed by atoms with van der Waals surface area (Å²) < 4.78 is 24.3. The molecular formula is C28H25FO4. The average molecular weight is 445 g/mol. The third-order valence-corrected chi connectivity index (χ3v) is 6.04. The van der Waals surface area contributed by atoms with Crippen LogP contribution in [0.5, 0.6) is 5.75 Å². The normalized spacial score (nSPS) is 19.6. The van der Waals surface area contributed by atoms with E-state index in [1.807, 2.05) is 36.4 Å². The highest BCUT2D eigenvalue weighted by molar-refractivity contribution is 6.03. The molecule has 0 radical (unpaired) electrons. The number of ketones is 1. The number of hydrogen-bond donors (Lipinski definition) is 0. The number of carbonyl (C=O) groups excluding carboxylic acids is 2. The molecule has 0 bridgehead atoms. The van der Waals surface area contributed by atoms with Gasteiger partial charge < -0.3 is 9.47 Å². The lowest BCUT2D eigenvalue weighted by atomic mass is 9.75. The van der Waals surface area contributed by atoms with Crippen molar-refractivity contribution in [2.75, 3.05) is 13.7 Å². The van der Waals surface area contributed by atoms with Crippen LogP contribution in [0.15, 0.2) is 90.5 Å². The Labute approximate surface area is 192 Å². The van der Waals surface area contributed by atoms with Gasteiger partial charge in [-0.05, 0) is 54.4 Å². The number of methoxy groups -OCH3 is 1. The summed E-state index contributed by atoms with van der Waals surface area (Å²) in [6.45, 7) is 1.97. The van der Waals surface area contributed by atoms with Crippen LogP contribution < -0.4 is 4.74 Å². The minimum Gasteiger partial charge on any atom is -0.497 e. The summed E-state index contributed by atoms with van der Waals surface area (Å²) in [7, 11) is 1.57. The third kappa shape index (κ3) is 4.58. The maximum atomic E-state index is 13.9. The fourth-order valence-corrected chi connectivity index (χ4v) is 4.51. The van der Waals surface area contributed by atoms with Crippen LogP contribution in [0.25, 0.3) is 0 Å². The van der Waals surface area contributed by atoms with Gasteiger partial charge in [0.1, 0.15) is 11.6 Å². The Morgan fingerprint density at radius 1 is 0.879 bits per heavy atom. The van der Waals surface area contributed by atoms with Crippen molar-refractivity contribution in [2.24, 2.45) is 5.92 Å². The molecule has 33 heavy (non-hydrogen) atoms. The van der Waals surface area contributed by atoms with Gasteiger partial charge in [0, 0.05) is 28.9 Å². The van der Waals surface area contributed by atoms with E-state index in [1.54, 1.807) is 50.4 Å². The first kappa shape index (κ1) is 22.5. The lowest BCUT2D eigenvalue weighted by Gasteiger charge is -2.26. The first-order valence-corrected chi connectivity index (χ1v) is 10.9. The summed E-state index contributed by atoms with van der Waals surface area (Å²) in [6.07, 6.45) is 1.84. The molecule has 0 fully saturated rings. The Morgan fingerprint density at radius 2 is 1.55 bits per heavy atom. The van der Waals surface area contributed by atoms with Gasteiger partial charge in [-0.15, -0.1) is 0 Å². The zero-order chi connectivity index (χ0) is 23.4. The molecule has 168 valence electrons. The highest BCUT2D eigenvalue weighted by Crippen LogP contribution is 2.49. The Balaban J connectivity index is 1.85. The third-order valence-electron chi connectivity index (χ3n) is 6.04. The summed E-state index contributed by atoms with van der Waals surface area (Å²) in [5, 5.41) is 0. The van der Waals surface area contributed by atoms with Crippen molar-refractivity contribution < 1.29 is 23.5 Å². The quantitative estimate of drug-likeness (QED) is 0.346. The number of ether oxygens (including phenoxy) is 2. The standard InChI is InChI=1S/C28H25FO4/c1-3-33-28(31)24-17-23(18-7-5-4-6-8-18)26(25(24)19-9-13-21(29)14-10-19)27(30)20-11-15-22(32-2)16-12-20/h4-17,23,25-26H,3H2,1-2H3/t23-,25-,26-/m0/s1. The van der Waals surface area contributed by atoms with Crippen LogP contribution >= 0.6 is 0 Å². The first-order chi connectivity index (χ1) is 16.0. The largest absolute Gasteiger partial charge is 0.497 e. The van der Waals surface area contributed by atoms with Gasteiger partial charge in [0.25, 0.3) is 0 Å². The van der Waals surface area contributed by atoms with Crippen LogP contribution in [0, 0.1) is 11.7 Å². The molecular weight excluding hydrogens is 419 g/mol. The SMILES string of the molecule is CCOC(=O)C1=C[C@@H](c2ccccc2)[C@H](C(=O)c2ccc(OC)cc2)[C@H]1c1ccc(F)cc1. The van der Waals surface area contributed by atoms with Crippen LogP contribution in [-0.4, -0.2) is 25.5 Å². The summed E-state index contributed by atoms with van der Waals surface area (Å²) >= 11 is 0. The van der Waals surface area contributed by atoms with Gasteiger partial charge in [-0.3, -0.25) is 4.79 Å². The highest BCUT2D eigenvalue weighted by Gasteiger charge is 2.46. The molecule has 0 unspecified atom stereocenters. The molecule has 3 aromatic carbocycles. The highest BCUT2D eigenvalue weighted by atomic mass is 19.1. The van der Waals surface area contributed by atoms with Gasteiger partial charge in [0.15, 0.2) is 5.78 Å². The Kier molecular flexibility index (Phi) is 6.68. The molecule has 1 aliphatic rings. The minimum atomic E-state index is -0.592. The zero-order valence-electron chi connectivity index (χ0n) is 18.5. The van der Waals surface area contributed by atoms with E-state index < -0.39 is 17.8 Å². The second kappa shape index (κ2) is 9.82. The number of allylic oxidation sites excluding steroid dienone is 1. The van der Waals surface area contributed by atoms with Crippen molar-refractivity contribution in [2.45, 2.75) is 18.8 Å². The van der Waals surface area contributed by atoms with E-state index in [4.69, 9.17) is 9.47 Å². The molecule has 1 aliphatic carbocycles. The van der Waals surface area contributed by atoms with Gasteiger partial charge in [-0.2, -0.15) is 0 Å². The van der Waals surface area contributed by atoms with Crippen LogP contribution in [0.4, 0.5) is 4.39 Å². The molecule has 4 rings (SSSR count). The van der Waals surface area contributed by atoms with Crippen molar-refractivity contribution in [3.8, 4) is 5.75 Å². The predicted molar refractivity (Wildman–Crippen MR) is 124 cm³/mol. The van der Waals surface area contributed by atoms with Crippen molar-refractivity contribution in [3.05, 3.63) is 113 Å². The number of halogens is 1. The molecule has 4 nitrogen and oxygen atoms in total. The zero-order valence-corrected chi connectivity index (χ0v) is 18.5. The Hall–Kier alpha value is -3.73. The van der Waals surface area contributed by atoms with E-state index >= 15 is 0 Å². The molecule has 0 amide bonds. The molecule has 0 saturated carbocycles. The predicted octanol–water partition coefficient (Wildman–Crippen LogP) is 5.70. The van der Waals surface area contributed by atoms with Gasteiger partial charge in [0.05, 0.1) is 13.7 Å². The van der Waals surface area contributed by atoms with Crippen LogP contribution in [-0.2, 0) is 9.53 Å². The molecule has 3 atom stereocenters. The number of hydrogen-bond acceptors (Lipinski definition) is 4. The second-order valence-corrected chi connectivity index (χ2v) is 7.93. The first-order valence-electron chi connectivity index (χ1n) is 10.9. The van der Waals surface area contributed by atoms with E-state index in [1.165, 1.54) is 12.1 Å². The summed E-state index contributed by atoms with van der Waals surface area (Å²) in [5.74, 6) is -1.78. The van der Waals surface area contributed by atoms with Crippen molar-refractivity contribution >= 4 is 11.8 Å². The molecule has 0 aliphatic heterocycles. The van der Waals surface area contributed by atoms with Crippen molar-refractivity contribution in [3.63, 3.8) is 0 Å². The van der Waals surface area contributed by atoms with E-state index in [0.717, 1.165) is 5.56 Å². The number of rotatable bonds is 7. The van der Waals surface area contributed by atoms with Gasteiger partial charge >= 0.3 is 5.97 Å². The monoisotopic (exact) mass is 444 g/mol. The fourth-order valence-electron chi connectivity index (χ4n) is 4.51. The summed E-state index contributed by atoms with van der Waals surface area (Å²) in [4.78, 5) is 26.9. The minimum absolute atomic E-state index is 0.101. The van der Waals surface area contributed by atoms with Crippen molar-refractivity contribution in [1.82, 2.24) is 0 Å². The lowest BCUT2D eigenvalue weighted by Crippen LogP contribution is -2.26. The van der Waals surface area contributed by atoms with Crippen LogP contribution in [0.3, 0.4) is 0 Å². The molecule has 0 N–H and O–H groups in total. The topological polar surface area (TPSA) is 52.6 Å². The van der Waals surface area contributed by atoms with E-state index in [2.05, 4.69) is 0 Å². The summed E-state index contributed by atoms with van der Waals surface area (Å²) in [5.41, 5.74) is 2.56.